The molecule has 0 spiro atoms. The third-order valence-electron chi connectivity index (χ3n) is 4.34. The van der Waals surface area contributed by atoms with E-state index in [2.05, 4.69) is 65.9 Å². The van der Waals surface area contributed by atoms with Gasteiger partial charge in [0, 0.05) is 45.8 Å². The topological polar surface area (TPSA) is 39.9 Å². The molecule has 1 aromatic heterocycles. The highest BCUT2D eigenvalue weighted by Gasteiger charge is 2.24. The fourth-order valence-corrected chi connectivity index (χ4v) is 5.53. The Balaban J connectivity index is 2.01. The summed E-state index contributed by atoms with van der Waals surface area (Å²) in [6, 6.07) is 12.6. The Kier molecular flexibility index (Phi) is 7.41. The van der Waals surface area contributed by atoms with Gasteiger partial charge < -0.3 is 4.90 Å². The number of fused-ring (bicyclic) bond motifs is 1. The van der Waals surface area contributed by atoms with E-state index in [1.165, 1.54) is 9.93 Å². The second kappa shape index (κ2) is 10.2. The van der Waals surface area contributed by atoms with Gasteiger partial charge in [-0.1, -0.05) is 54.8 Å². The maximum absolute atomic E-state index is 9.18. The molecule has 0 amide bonds. The number of nitriles is 1. The van der Waals surface area contributed by atoms with Crippen LogP contribution in [0.5, 0.6) is 0 Å². The summed E-state index contributed by atoms with van der Waals surface area (Å²) in [6.07, 6.45) is 11.1. The molecule has 1 aliphatic rings. The molecule has 0 N–H and O–H groups in total. The molecule has 142 valence electrons. The van der Waals surface area contributed by atoms with Gasteiger partial charge in [-0.05, 0) is 31.6 Å². The van der Waals surface area contributed by atoms with Crippen LogP contribution >= 0.6 is 23.5 Å². The number of para-hydroxylation sites is 1. The summed E-state index contributed by atoms with van der Waals surface area (Å²) in [5.74, 6) is 1.04. The molecule has 1 saturated heterocycles. The van der Waals surface area contributed by atoms with Gasteiger partial charge in [-0.15, -0.1) is 11.8 Å². The van der Waals surface area contributed by atoms with Crippen LogP contribution in [0.2, 0.25) is 0 Å². The number of rotatable bonds is 7. The molecular formula is C23H23N3S2. The molecule has 28 heavy (non-hydrogen) atoms. The first-order valence-corrected chi connectivity index (χ1v) is 11.1. The van der Waals surface area contributed by atoms with Crippen LogP contribution < -0.4 is 0 Å². The predicted molar refractivity (Wildman–Crippen MR) is 122 cm³/mol. The number of hydrogen-bond acceptors (Lipinski definition) is 5. The van der Waals surface area contributed by atoms with Crippen molar-refractivity contribution in [1.29, 1.82) is 5.26 Å². The molecule has 2 heterocycles. The Labute approximate surface area is 175 Å². The average Bonchev–Trinajstić information content (AvgIpc) is 3.21. The van der Waals surface area contributed by atoms with Gasteiger partial charge in [0.2, 0.25) is 0 Å². The summed E-state index contributed by atoms with van der Waals surface area (Å²) in [7, 11) is 0. The highest BCUT2D eigenvalue weighted by atomic mass is 32.2. The van der Waals surface area contributed by atoms with Crippen molar-refractivity contribution in [2.75, 3.05) is 12.3 Å². The van der Waals surface area contributed by atoms with E-state index in [0.717, 1.165) is 40.2 Å². The first-order valence-electron chi connectivity index (χ1n) is 9.26. The zero-order chi connectivity index (χ0) is 19.8. The third kappa shape index (κ3) is 4.70. The Morgan fingerprint density at radius 1 is 1.39 bits per heavy atom. The van der Waals surface area contributed by atoms with Gasteiger partial charge in [0.05, 0.1) is 16.6 Å². The maximum Gasteiger partial charge on any atom is 0.0853 e. The lowest BCUT2D eigenvalue weighted by Gasteiger charge is -2.23. The predicted octanol–water partition coefficient (Wildman–Crippen LogP) is 6.49. The lowest BCUT2D eigenvalue weighted by molar-refractivity contribution is 0.511. The number of benzene rings is 1. The molecule has 0 radical (unpaired) electrons. The van der Waals surface area contributed by atoms with E-state index < -0.39 is 0 Å². The van der Waals surface area contributed by atoms with Gasteiger partial charge in [0.25, 0.3) is 0 Å². The van der Waals surface area contributed by atoms with Crippen molar-refractivity contribution < 1.29 is 0 Å². The van der Waals surface area contributed by atoms with Crippen molar-refractivity contribution >= 4 is 34.4 Å². The van der Waals surface area contributed by atoms with Crippen molar-refractivity contribution in [2.24, 2.45) is 0 Å². The molecule has 0 atom stereocenters. The lowest BCUT2D eigenvalue weighted by atomic mass is 10.2. The quantitative estimate of drug-likeness (QED) is 0.389. The van der Waals surface area contributed by atoms with Crippen LogP contribution in [0.3, 0.4) is 0 Å². The van der Waals surface area contributed by atoms with E-state index in [-0.39, 0.29) is 0 Å². The van der Waals surface area contributed by atoms with Crippen LogP contribution in [0.25, 0.3) is 10.9 Å². The number of aromatic nitrogens is 1. The Hall–Kier alpha value is -2.42. The first-order chi connectivity index (χ1) is 13.8. The molecule has 0 unspecified atom stereocenters. The largest absolute Gasteiger partial charge is 0.335 e. The Bertz CT molecular complexity index is 978. The van der Waals surface area contributed by atoms with Gasteiger partial charge in [-0.3, -0.25) is 4.98 Å². The van der Waals surface area contributed by atoms with Gasteiger partial charge in [-0.25, -0.2) is 0 Å². The molecule has 0 aliphatic carbocycles. The molecule has 1 aromatic carbocycles. The van der Waals surface area contributed by atoms with Crippen molar-refractivity contribution in [3.05, 3.63) is 83.0 Å². The molecule has 3 nitrogen and oxygen atoms in total. The van der Waals surface area contributed by atoms with Gasteiger partial charge in [0.1, 0.15) is 0 Å². The minimum absolute atomic E-state index is 0.506. The van der Waals surface area contributed by atoms with Gasteiger partial charge in [0.15, 0.2) is 0 Å². The second-order valence-electron chi connectivity index (χ2n) is 6.13. The van der Waals surface area contributed by atoms with Gasteiger partial charge in [-0.2, -0.15) is 5.26 Å². The number of hydrogen-bond donors (Lipinski definition) is 0. The lowest BCUT2D eigenvalue weighted by Crippen LogP contribution is -2.17. The molecule has 5 heteroatoms. The van der Waals surface area contributed by atoms with Crippen LogP contribution in [-0.2, 0) is 0 Å². The SMILES string of the molecule is C=C/C=C\C(=C/C)N1CCS/C1=C(/CCC#N)Sc1cccc2cccnc12. The summed E-state index contributed by atoms with van der Waals surface area (Å²) in [4.78, 5) is 9.30. The van der Waals surface area contributed by atoms with Crippen molar-refractivity contribution in [2.45, 2.75) is 24.7 Å². The summed E-state index contributed by atoms with van der Waals surface area (Å²) >= 11 is 3.61. The van der Waals surface area contributed by atoms with Gasteiger partial charge >= 0.3 is 0 Å². The van der Waals surface area contributed by atoms with E-state index in [1.54, 1.807) is 17.8 Å². The van der Waals surface area contributed by atoms with Crippen LogP contribution in [-0.4, -0.2) is 22.2 Å². The summed E-state index contributed by atoms with van der Waals surface area (Å²) in [5.41, 5.74) is 2.17. The Morgan fingerprint density at radius 2 is 2.25 bits per heavy atom. The second-order valence-corrected chi connectivity index (χ2v) is 8.35. The number of thioether (sulfide) groups is 2. The highest BCUT2D eigenvalue weighted by Crippen LogP contribution is 2.43. The zero-order valence-corrected chi connectivity index (χ0v) is 17.6. The van der Waals surface area contributed by atoms with Crippen LogP contribution in [0.15, 0.2) is 87.9 Å². The van der Waals surface area contributed by atoms with E-state index in [0.29, 0.717) is 6.42 Å². The molecule has 1 fully saturated rings. The smallest absolute Gasteiger partial charge is 0.0853 e. The fraction of sp³-hybridized carbons (Fsp3) is 0.217. The van der Waals surface area contributed by atoms with Crippen LogP contribution in [0.4, 0.5) is 0 Å². The third-order valence-corrected chi connectivity index (χ3v) is 6.79. The van der Waals surface area contributed by atoms with Crippen LogP contribution in [0, 0.1) is 11.3 Å². The molecular weight excluding hydrogens is 382 g/mol. The molecule has 0 saturated carbocycles. The van der Waals surface area contributed by atoms with Crippen LogP contribution in [0.1, 0.15) is 19.8 Å². The van der Waals surface area contributed by atoms with E-state index in [9.17, 15) is 5.26 Å². The zero-order valence-electron chi connectivity index (χ0n) is 16.0. The first kappa shape index (κ1) is 20.3. The molecule has 1 aliphatic heterocycles. The van der Waals surface area contributed by atoms with Crippen molar-refractivity contribution in [3.63, 3.8) is 0 Å². The number of nitrogens with zero attached hydrogens (tertiary/aromatic N) is 3. The molecule has 3 rings (SSSR count). The Morgan fingerprint density at radius 3 is 3.04 bits per heavy atom. The summed E-state index contributed by atoms with van der Waals surface area (Å²) in [6.45, 7) is 6.80. The van der Waals surface area contributed by atoms with Crippen molar-refractivity contribution in [3.8, 4) is 6.07 Å². The maximum atomic E-state index is 9.18. The molecule has 2 aromatic rings. The molecule has 0 bridgehead atoms. The minimum Gasteiger partial charge on any atom is -0.335 e. The number of pyridine rings is 1. The number of allylic oxidation sites excluding steroid dienone is 5. The van der Waals surface area contributed by atoms with Crippen molar-refractivity contribution in [1.82, 2.24) is 9.88 Å². The monoisotopic (exact) mass is 405 g/mol. The highest BCUT2D eigenvalue weighted by molar-refractivity contribution is 8.07. The minimum atomic E-state index is 0.506. The summed E-state index contributed by atoms with van der Waals surface area (Å²) in [5, 5.41) is 11.6. The van der Waals surface area contributed by atoms with E-state index in [4.69, 9.17) is 0 Å². The summed E-state index contributed by atoms with van der Waals surface area (Å²) < 4.78 is 0. The standard InChI is InChI=1S/C23H23N3S2/c1-3-5-11-19(4-2)26-16-17-27-23(26)21(13-7-14-24)28-20-12-6-9-18-10-8-15-25-22(18)20/h3-6,8-12,15H,1,7,13,16-17H2,2H3/b11-5-,19-4+,23-21-. The normalized spacial score (nSPS) is 16.6. The van der Waals surface area contributed by atoms with E-state index >= 15 is 0 Å². The van der Waals surface area contributed by atoms with E-state index in [1.807, 2.05) is 30.1 Å². The fourth-order valence-electron chi connectivity index (χ4n) is 3.06. The average molecular weight is 406 g/mol.